The van der Waals surface area contributed by atoms with E-state index in [0.29, 0.717) is 16.7 Å². The number of unbranched alkanes of at least 4 members (excludes halogenated alkanes) is 1. The highest BCUT2D eigenvalue weighted by Crippen LogP contribution is 2.53. The predicted octanol–water partition coefficient (Wildman–Crippen LogP) is 5.99. The van der Waals surface area contributed by atoms with Crippen molar-refractivity contribution >= 4 is 11.4 Å². The SMILES string of the molecule is CCCCN1CCN(c2cc(N(C)C)ccc2C2CC(C)(C)CC(C)(C)C2)CC1. The van der Waals surface area contributed by atoms with Crippen LogP contribution in [0.1, 0.15) is 78.2 Å². The molecule has 29 heavy (non-hydrogen) atoms. The zero-order chi connectivity index (χ0) is 21.2. The molecule has 3 rings (SSSR count). The zero-order valence-electron chi connectivity index (χ0n) is 20.2. The zero-order valence-corrected chi connectivity index (χ0v) is 20.2. The quantitative estimate of drug-likeness (QED) is 0.581. The minimum absolute atomic E-state index is 0.419. The molecule has 164 valence electrons. The summed E-state index contributed by atoms with van der Waals surface area (Å²) in [5.74, 6) is 0.665. The molecule has 1 aromatic rings. The lowest BCUT2D eigenvalue weighted by atomic mass is 9.60. The number of benzene rings is 1. The van der Waals surface area contributed by atoms with Crippen LogP contribution in [-0.2, 0) is 0 Å². The van der Waals surface area contributed by atoms with Crippen LogP contribution in [0.4, 0.5) is 11.4 Å². The van der Waals surface area contributed by atoms with Crippen molar-refractivity contribution in [3.8, 4) is 0 Å². The maximum atomic E-state index is 2.68. The average Bonchev–Trinajstić information content (AvgIpc) is 2.64. The third-order valence-corrected chi connectivity index (χ3v) is 7.07. The van der Waals surface area contributed by atoms with Crippen LogP contribution in [0.25, 0.3) is 0 Å². The molecule has 1 aliphatic carbocycles. The normalized spacial score (nSPS) is 22.7. The van der Waals surface area contributed by atoms with Crippen LogP contribution >= 0.6 is 0 Å². The maximum absolute atomic E-state index is 2.68. The van der Waals surface area contributed by atoms with Crippen molar-refractivity contribution in [2.24, 2.45) is 10.8 Å². The number of nitrogens with zero attached hydrogens (tertiary/aromatic N) is 3. The van der Waals surface area contributed by atoms with Gasteiger partial charge in [-0.05, 0) is 66.7 Å². The van der Waals surface area contributed by atoms with Crippen LogP contribution in [0.2, 0.25) is 0 Å². The molecular weight excluding hydrogens is 354 g/mol. The van der Waals surface area contributed by atoms with Crippen LogP contribution in [0.3, 0.4) is 0 Å². The van der Waals surface area contributed by atoms with Gasteiger partial charge in [0.1, 0.15) is 0 Å². The first kappa shape index (κ1) is 22.5. The highest BCUT2D eigenvalue weighted by molar-refractivity contribution is 5.65. The van der Waals surface area contributed by atoms with E-state index in [2.05, 4.69) is 81.6 Å². The highest BCUT2D eigenvalue weighted by Gasteiger charge is 2.40. The smallest absolute Gasteiger partial charge is 0.0423 e. The molecule has 0 atom stereocenters. The lowest BCUT2D eigenvalue weighted by molar-refractivity contribution is 0.0970. The average molecular weight is 400 g/mol. The lowest BCUT2D eigenvalue weighted by Crippen LogP contribution is -2.47. The summed E-state index contributed by atoms with van der Waals surface area (Å²) in [5.41, 5.74) is 5.26. The Bertz CT molecular complexity index is 653. The fourth-order valence-electron chi connectivity index (χ4n) is 6.09. The molecule has 3 nitrogen and oxygen atoms in total. The maximum Gasteiger partial charge on any atom is 0.0423 e. The van der Waals surface area contributed by atoms with Crippen molar-refractivity contribution in [3.05, 3.63) is 23.8 Å². The van der Waals surface area contributed by atoms with Gasteiger partial charge in [0, 0.05) is 51.6 Å². The van der Waals surface area contributed by atoms with Crippen LogP contribution in [0, 0.1) is 10.8 Å². The lowest BCUT2D eigenvalue weighted by Gasteiger charge is -2.46. The van der Waals surface area contributed by atoms with E-state index < -0.39 is 0 Å². The van der Waals surface area contributed by atoms with Crippen molar-refractivity contribution in [1.82, 2.24) is 4.90 Å². The van der Waals surface area contributed by atoms with Gasteiger partial charge >= 0.3 is 0 Å². The van der Waals surface area contributed by atoms with Gasteiger partial charge in [-0.25, -0.2) is 0 Å². The first-order valence-electron chi connectivity index (χ1n) is 11.9. The van der Waals surface area contributed by atoms with Gasteiger partial charge in [0.15, 0.2) is 0 Å². The molecule has 1 heterocycles. The number of hydrogen-bond acceptors (Lipinski definition) is 3. The fourth-order valence-corrected chi connectivity index (χ4v) is 6.09. The molecule has 0 aromatic heterocycles. The van der Waals surface area contributed by atoms with Crippen LogP contribution in [0.5, 0.6) is 0 Å². The fraction of sp³-hybridized carbons (Fsp3) is 0.769. The van der Waals surface area contributed by atoms with Crippen LogP contribution in [-0.4, -0.2) is 51.7 Å². The molecule has 0 bridgehead atoms. The molecule has 1 aromatic carbocycles. The Kier molecular flexibility index (Phi) is 6.88. The number of anilines is 2. The van der Waals surface area contributed by atoms with E-state index in [4.69, 9.17) is 0 Å². The minimum atomic E-state index is 0.419. The Balaban J connectivity index is 1.86. The summed E-state index contributed by atoms with van der Waals surface area (Å²) in [5, 5.41) is 0. The monoisotopic (exact) mass is 399 g/mol. The van der Waals surface area contributed by atoms with Gasteiger partial charge in [0.25, 0.3) is 0 Å². The number of piperazine rings is 1. The summed E-state index contributed by atoms with van der Waals surface area (Å²) in [6.45, 7) is 18.2. The van der Waals surface area contributed by atoms with E-state index in [0.717, 1.165) is 13.1 Å². The highest BCUT2D eigenvalue weighted by atomic mass is 15.3. The summed E-state index contributed by atoms with van der Waals surface area (Å²) >= 11 is 0. The topological polar surface area (TPSA) is 9.72 Å². The van der Waals surface area contributed by atoms with Crippen molar-refractivity contribution in [2.75, 3.05) is 56.6 Å². The summed E-state index contributed by atoms with van der Waals surface area (Å²) in [4.78, 5) is 7.58. The van der Waals surface area contributed by atoms with Crippen LogP contribution in [0.15, 0.2) is 18.2 Å². The van der Waals surface area contributed by atoms with Crippen molar-refractivity contribution in [2.45, 2.75) is 72.6 Å². The molecule has 1 saturated heterocycles. The van der Waals surface area contributed by atoms with Gasteiger partial charge in [0.05, 0.1) is 0 Å². The molecule has 0 amide bonds. The molecular formula is C26H45N3. The molecule has 1 aliphatic heterocycles. The van der Waals surface area contributed by atoms with Gasteiger partial charge in [0.2, 0.25) is 0 Å². The molecule has 0 spiro atoms. The van der Waals surface area contributed by atoms with E-state index in [1.807, 2.05) is 0 Å². The second-order valence-corrected chi connectivity index (χ2v) is 11.4. The van der Waals surface area contributed by atoms with Gasteiger partial charge in [-0.15, -0.1) is 0 Å². The molecule has 2 aliphatic rings. The molecule has 2 fully saturated rings. The second-order valence-electron chi connectivity index (χ2n) is 11.4. The molecule has 0 radical (unpaired) electrons. The van der Waals surface area contributed by atoms with E-state index >= 15 is 0 Å². The standard InChI is InChI=1S/C26H45N3/c1-8-9-12-28-13-15-29(16-14-28)24-17-22(27(6)7)10-11-23(24)21-18-25(2,3)20-26(4,5)19-21/h10-11,17,21H,8-9,12-16,18-20H2,1-7H3. The Morgan fingerprint density at radius 3 is 2.14 bits per heavy atom. The third kappa shape index (κ3) is 5.69. The van der Waals surface area contributed by atoms with E-state index in [-0.39, 0.29) is 0 Å². The summed E-state index contributed by atoms with van der Waals surface area (Å²) in [6, 6.07) is 7.26. The van der Waals surface area contributed by atoms with E-state index in [1.165, 1.54) is 63.1 Å². The third-order valence-electron chi connectivity index (χ3n) is 7.07. The molecule has 3 heteroatoms. The summed E-state index contributed by atoms with van der Waals surface area (Å²) in [7, 11) is 4.32. The second kappa shape index (κ2) is 8.88. The van der Waals surface area contributed by atoms with Gasteiger partial charge in [-0.2, -0.15) is 0 Å². The molecule has 1 saturated carbocycles. The Hall–Kier alpha value is -1.22. The summed E-state index contributed by atoms with van der Waals surface area (Å²) < 4.78 is 0. The Morgan fingerprint density at radius 1 is 0.966 bits per heavy atom. The number of rotatable bonds is 6. The van der Waals surface area contributed by atoms with E-state index in [9.17, 15) is 0 Å². The number of hydrogen-bond donors (Lipinski definition) is 0. The summed E-state index contributed by atoms with van der Waals surface area (Å²) in [6.07, 6.45) is 6.57. The largest absolute Gasteiger partial charge is 0.378 e. The molecule has 0 N–H and O–H groups in total. The predicted molar refractivity (Wildman–Crippen MR) is 128 cm³/mol. The van der Waals surface area contributed by atoms with Crippen molar-refractivity contribution in [1.29, 1.82) is 0 Å². The minimum Gasteiger partial charge on any atom is -0.378 e. The Labute approximate surface area is 180 Å². The van der Waals surface area contributed by atoms with Gasteiger partial charge in [-0.1, -0.05) is 47.1 Å². The van der Waals surface area contributed by atoms with E-state index in [1.54, 1.807) is 5.56 Å². The van der Waals surface area contributed by atoms with Gasteiger partial charge in [-0.3, -0.25) is 4.90 Å². The first-order valence-corrected chi connectivity index (χ1v) is 11.9. The van der Waals surface area contributed by atoms with Crippen molar-refractivity contribution in [3.63, 3.8) is 0 Å². The van der Waals surface area contributed by atoms with Crippen LogP contribution < -0.4 is 9.80 Å². The molecule has 0 unspecified atom stereocenters. The Morgan fingerprint density at radius 2 is 1.59 bits per heavy atom. The van der Waals surface area contributed by atoms with Gasteiger partial charge < -0.3 is 9.80 Å². The first-order chi connectivity index (χ1) is 13.6. The van der Waals surface area contributed by atoms with Crippen molar-refractivity contribution < 1.29 is 0 Å².